The molecule has 0 aliphatic heterocycles. The Hall–Kier alpha value is -2.65. The zero-order chi connectivity index (χ0) is 17.5. The van der Waals surface area contributed by atoms with Crippen molar-refractivity contribution < 1.29 is 9.13 Å². The summed E-state index contributed by atoms with van der Waals surface area (Å²) in [7, 11) is 0. The molecule has 1 N–H and O–H groups in total. The van der Waals surface area contributed by atoms with E-state index in [2.05, 4.69) is 30.4 Å². The van der Waals surface area contributed by atoms with E-state index >= 15 is 0 Å². The van der Waals surface area contributed by atoms with E-state index in [1.807, 2.05) is 36.4 Å². The first-order chi connectivity index (χ1) is 12.2. The molecule has 0 amide bonds. The van der Waals surface area contributed by atoms with Crippen LogP contribution in [-0.2, 0) is 13.2 Å². The van der Waals surface area contributed by atoms with E-state index in [1.54, 1.807) is 12.1 Å². The van der Waals surface area contributed by atoms with Crippen molar-refractivity contribution in [3.63, 3.8) is 0 Å². The van der Waals surface area contributed by atoms with Gasteiger partial charge in [-0.3, -0.25) is 0 Å². The van der Waals surface area contributed by atoms with Crippen LogP contribution in [0.3, 0.4) is 0 Å². The SMILES string of the molecule is C[C@H](NCc1ccccc1OCc1ccc(F)cc1)c1ccccc1. The summed E-state index contributed by atoms with van der Waals surface area (Å²) in [6.07, 6.45) is 0. The van der Waals surface area contributed by atoms with Crippen LogP contribution in [0.25, 0.3) is 0 Å². The highest BCUT2D eigenvalue weighted by Crippen LogP contribution is 2.21. The highest BCUT2D eigenvalue weighted by atomic mass is 19.1. The second kappa shape index (κ2) is 8.45. The van der Waals surface area contributed by atoms with Crippen LogP contribution in [0.2, 0.25) is 0 Å². The number of hydrogen-bond acceptors (Lipinski definition) is 2. The van der Waals surface area contributed by atoms with E-state index in [4.69, 9.17) is 4.74 Å². The Morgan fingerprint density at radius 1 is 0.880 bits per heavy atom. The predicted octanol–water partition coefficient (Wildman–Crippen LogP) is 5.26. The lowest BCUT2D eigenvalue weighted by Gasteiger charge is -2.16. The molecular formula is C22H22FNO. The van der Waals surface area contributed by atoms with E-state index in [0.29, 0.717) is 6.61 Å². The van der Waals surface area contributed by atoms with Gasteiger partial charge in [0.1, 0.15) is 18.2 Å². The molecule has 3 aromatic carbocycles. The summed E-state index contributed by atoms with van der Waals surface area (Å²) in [6, 6.07) is 25.0. The van der Waals surface area contributed by atoms with Crippen molar-refractivity contribution in [2.45, 2.75) is 26.1 Å². The average molecular weight is 335 g/mol. The third-order valence-corrected chi connectivity index (χ3v) is 4.18. The van der Waals surface area contributed by atoms with Gasteiger partial charge in [-0.2, -0.15) is 0 Å². The third kappa shape index (κ3) is 4.91. The van der Waals surface area contributed by atoms with Crippen LogP contribution in [0.15, 0.2) is 78.9 Å². The largest absolute Gasteiger partial charge is 0.489 e. The molecule has 3 rings (SSSR count). The maximum absolute atomic E-state index is 13.0. The fourth-order valence-corrected chi connectivity index (χ4v) is 2.66. The smallest absolute Gasteiger partial charge is 0.124 e. The molecular weight excluding hydrogens is 313 g/mol. The first kappa shape index (κ1) is 17.2. The second-order valence-electron chi connectivity index (χ2n) is 6.04. The number of para-hydroxylation sites is 1. The summed E-state index contributed by atoms with van der Waals surface area (Å²) in [5.41, 5.74) is 3.31. The van der Waals surface area contributed by atoms with Crippen molar-refractivity contribution in [1.82, 2.24) is 5.32 Å². The Balaban J connectivity index is 1.61. The van der Waals surface area contributed by atoms with Crippen LogP contribution in [0.5, 0.6) is 5.75 Å². The number of benzene rings is 3. The molecule has 2 nitrogen and oxygen atoms in total. The standard InChI is InChI=1S/C22H22FNO/c1-17(19-7-3-2-4-8-19)24-15-20-9-5-6-10-22(20)25-16-18-11-13-21(23)14-12-18/h2-14,17,24H,15-16H2,1H3/t17-/m0/s1. The fraction of sp³-hybridized carbons (Fsp3) is 0.182. The Kier molecular flexibility index (Phi) is 5.81. The molecule has 0 unspecified atom stereocenters. The molecule has 25 heavy (non-hydrogen) atoms. The zero-order valence-corrected chi connectivity index (χ0v) is 14.3. The topological polar surface area (TPSA) is 21.3 Å². The van der Waals surface area contributed by atoms with E-state index in [9.17, 15) is 4.39 Å². The molecule has 0 aliphatic carbocycles. The van der Waals surface area contributed by atoms with Gasteiger partial charge in [0.2, 0.25) is 0 Å². The van der Waals surface area contributed by atoms with Gasteiger partial charge in [0.05, 0.1) is 0 Å². The highest BCUT2D eigenvalue weighted by molar-refractivity contribution is 5.34. The van der Waals surface area contributed by atoms with Crippen molar-refractivity contribution in [2.24, 2.45) is 0 Å². The predicted molar refractivity (Wildman–Crippen MR) is 98.9 cm³/mol. The van der Waals surface area contributed by atoms with Gasteiger partial charge in [-0.25, -0.2) is 4.39 Å². The molecule has 0 aromatic heterocycles. The van der Waals surface area contributed by atoms with Crippen molar-refractivity contribution >= 4 is 0 Å². The van der Waals surface area contributed by atoms with Gasteiger partial charge in [-0.15, -0.1) is 0 Å². The summed E-state index contributed by atoms with van der Waals surface area (Å²) < 4.78 is 18.9. The van der Waals surface area contributed by atoms with Crippen LogP contribution < -0.4 is 10.1 Å². The van der Waals surface area contributed by atoms with Gasteiger partial charge in [0.25, 0.3) is 0 Å². The van der Waals surface area contributed by atoms with E-state index in [1.165, 1.54) is 17.7 Å². The van der Waals surface area contributed by atoms with E-state index in [-0.39, 0.29) is 11.9 Å². The van der Waals surface area contributed by atoms with Crippen molar-refractivity contribution in [3.8, 4) is 5.75 Å². The van der Waals surface area contributed by atoms with E-state index in [0.717, 1.165) is 23.4 Å². The molecule has 0 fully saturated rings. The minimum atomic E-state index is -0.233. The van der Waals surface area contributed by atoms with Gasteiger partial charge in [-0.05, 0) is 36.2 Å². The summed E-state index contributed by atoms with van der Waals surface area (Å²) in [5.74, 6) is 0.614. The van der Waals surface area contributed by atoms with Gasteiger partial charge in [0.15, 0.2) is 0 Å². The molecule has 0 saturated heterocycles. The van der Waals surface area contributed by atoms with Crippen molar-refractivity contribution in [1.29, 1.82) is 0 Å². The lowest BCUT2D eigenvalue weighted by Crippen LogP contribution is -2.18. The summed E-state index contributed by atoms with van der Waals surface area (Å²) >= 11 is 0. The first-order valence-corrected chi connectivity index (χ1v) is 8.46. The molecule has 0 bridgehead atoms. The molecule has 0 radical (unpaired) electrons. The number of rotatable bonds is 7. The van der Waals surface area contributed by atoms with Gasteiger partial charge in [-0.1, -0.05) is 60.7 Å². The van der Waals surface area contributed by atoms with Crippen LogP contribution in [0, 0.1) is 5.82 Å². The van der Waals surface area contributed by atoms with Crippen LogP contribution >= 0.6 is 0 Å². The summed E-state index contributed by atoms with van der Waals surface area (Å²) in [4.78, 5) is 0. The summed E-state index contributed by atoms with van der Waals surface area (Å²) in [6.45, 7) is 3.29. The highest BCUT2D eigenvalue weighted by Gasteiger charge is 2.07. The minimum Gasteiger partial charge on any atom is -0.489 e. The first-order valence-electron chi connectivity index (χ1n) is 8.46. The van der Waals surface area contributed by atoms with Crippen molar-refractivity contribution in [2.75, 3.05) is 0 Å². The maximum atomic E-state index is 13.0. The molecule has 0 aliphatic rings. The van der Waals surface area contributed by atoms with Crippen LogP contribution in [-0.4, -0.2) is 0 Å². The molecule has 3 aromatic rings. The molecule has 0 saturated carbocycles. The van der Waals surface area contributed by atoms with Gasteiger partial charge in [0, 0.05) is 18.2 Å². The number of hydrogen-bond donors (Lipinski definition) is 1. The zero-order valence-electron chi connectivity index (χ0n) is 14.3. The quantitative estimate of drug-likeness (QED) is 0.636. The van der Waals surface area contributed by atoms with Crippen molar-refractivity contribution in [3.05, 3.63) is 101 Å². The molecule has 128 valence electrons. The van der Waals surface area contributed by atoms with E-state index < -0.39 is 0 Å². The molecule has 0 heterocycles. The normalized spacial score (nSPS) is 11.9. The molecule has 0 spiro atoms. The number of ether oxygens (including phenoxy) is 1. The van der Waals surface area contributed by atoms with Gasteiger partial charge >= 0.3 is 0 Å². The maximum Gasteiger partial charge on any atom is 0.124 e. The Bertz CT molecular complexity index is 787. The van der Waals surface area contributed by atoms with Crippen LogP contribution in [0.4, 0.5) is 4.39 Å². The number of halogens is 1. The Morgan fingerprint density at radius 3 is 2.32 bits per heavy atom. The third-order valence-electron chi connectivity index (χ3n) is 4.18. The van der Waals surface area contributed by atoms with Gasteiger partial charge < -0.3 is 10.1 Å². The molecule has 3 heteroatoms. The number of nitrogens with one attached hydrogen (secondary N) is 1. The average Bonchev–Trinajstić information content (AvgIpc) is 2.67. The fourth-order valence-electron chi connectivity index (χ4n) is 2.66. The second-order valence-corrected chi connectivity index (χ2v) is 6.04. The minimum absolute atomic E-state index is 0.233. The van der Waals surface area contributed by atoms with Crippen LogP contribution in [0.1, 0.15) is 29.7 Å². The molecule has 1 atom stereocenters. The Labute approximate surface area is 148 Å². The lowest BCUT2D eigenvalue weighted by atomic mass is 10.1. The Morgan fingerprint density at radius 2 is 1.56 bits per heavy atom. The summed E-state index contributed by atoms with van der Waals surface area (Å²) in [5, 5.41) is 3.53. The monoisotopic (exact) mass is 335 g/mol. The lowest BCUT2D eigenvalue weighted by molar-refractivity contribution is 0.301.